The van der Waals surface area contributed by atoms with Crippen molar-refractivity contribution in [3.8, 4) is 5.69 Å². The number of thiophene rings is 1. The third kappa shape index (κ3) is 3.27. The molecule has 0 saturated heterocycles. The van der Waals surface area contributed by atoms with E-state index in [-0.39, 0.29) is 5.78 Å². The summed E-state index contributed by atoms with van der Waals surface area (Å²) in [6, 6.07) is 9.15. The van der Waals surface area contributed by atoms with Crippen molar-refractivity contribution in [2.45, 2.75) is 0 Å². The van der Waals surface area contributed by atoms with Crippen molar-refractivity contribution >= 4 is 46.4 Å². The number of hydrogen-bond acceptors (Lipinski definition) is 4. The third-order valence-electron chi connectivity index (χ3n) is 2.93. The van der Waals surface area contributed by atoms with Gasteiger partial charge in [0.2, 0.25) is 0 Å². The van der Waals surface area contributed by atoms with Gasteiger partial charge in [0.25, 0.3) is 0 Å². The molecule has 0 fully saturated rings. The highest BCUT2D eigenvalue weighted by Gasteiger charge is 2.11. The first-order valence-corrected chi connectivity index (χ1v) is 7.83. The number of hydrogen-bond donors (Lipinski definition) is 0. The summed E-state index contributed by atoms with van der Waals surface area (Å²) in [4.78, 5) is 16.0. The smallest absolute Gasteiger partial charge is 0.188 e. The van der Waals surface area contributed by atoms with Crippen molar-refractivity contribution in [2.75, 3.05) is 0 Å². The number of carbonyl (C=O) groups is 1. The van der Waals surface area contributed by atoms with Crippen molar-refractivity contribution in [1.82, 2.24) is 14.8 Å². The first-order valence-electron chi connectivity index (χ1n) is 6.26. The van der Waals surface area contributed by atoms with Gasteiger partial charge < -0.3 is 0 Å². The Morgan fingerprint density at radius 1 is 1.23 bits per heavy atom. The van der Waals surface area contributed by atoms with Crippen LogP contribution in [-0.4, -0.2) is 20.5 Å². The summed E-state index contributed by atoms with van der Waals surface area (Å²) in [5, 5.41) is 4.05. The van der Waals surface area contributed by atoms with Crippen LogP contribution < -0.4 is 0 Å². The Balaban J connectivity index is 1.75. The number of halogens is 2. The van der Waals surface area contributed by atoms with Crippen LogP contribution in [0.1, 0.15) is 15.9 Å². The molecule has 110 valence electrons. The van der Waals surface area contributed by atoms with E-state index in [1.165, 1.54) is 23.7 Å². The van der Waals surface area contributed by atoms with Crippen molar-refractivity contribution in [3.05, 3.63) is 68.9 Å². The van der Waals surface area contributed by atoms with E-state index in [2.05, 4.69) is 10.1 Å². The Bertz CT molecular complexity index is 823. The Morgan fingerprint density at radius 2 is 2.00 bits per heavy atom. The number of allylic oxidation sites excluding steroid dienone is 1. The average Bonchev–Trinajstić information content (AvgIpc) is 3.15. The summed E-state index contributed by atoms with van der Waals surface area (Å²) >= 11 is 13.0. The second-order valence-corrected chi connectivity index (χ2v) is 6.65. The second kappa shape index (κ2) is 6.44. The van der Waals surface area contributed by atoms with Crippen molar-refractivity contribution in [3.63, 3.8) is 0 Å². The van der Waals surface area contributed by atoms with Crippen LogP contribution in [0.15, 0.2) is 49.1 Å². The number of carbonyl (C=O) groups excluding carboxylic acids is 1. The Labute approximate surface area is 140 Å². The van der Waals surface area contributed by atoms with Crippen LogP contribution in [0.3, 0.4) is 0 Å². The van der Waals surface area contributed by atoms with Gasteiger partial charge in [-0.25, -0.2) is 9.67 Å². The minimum Gasteiger partial charge on any atom is -0.289 e. The lowest BCUT2D eigenvalue weighted by atomic mass is 10.1. The topological polar surface area (TPSA) is 47.8 Å². The van der Waals surface area contributed by atoms with Crippen molar-refractivity contribution in [2.24, 2.45) is 0 Å². The van der Waals surface area contributed by atoms with Gasteiger partial charge in [-0.1, -0.05) is 41.4 Å². The van der Waals surface area contributed by atoms with E-state index in [9.17, 15) is 4.79 Å². The first kappa shape index (κ1) is 15.0. The van der Waals surface area contributed by atoms with E-state index in [1.807, 2.05) is 24.3 Å². The fourth-order valence-electron chi connectivity index (χ4n) is 1.85. The molecule has 3 aromatic rings. The Morgan fingerprint density at radius 3 is 2.59 bits per heavy atom. The monoisotopic (exact) mass is 349 g/mol. The van der Waals surface area contributed by atoms with Gasteiger partial charge in [-0.15, -0.1) is 11.3 Å². The van der Waals surface area contributed by atoms with Gasteiger partial charge in [-0.2, -0.15) is 5.10 Å². The minimum atomic E-state index is -0.173. The van der Waals surface area contributed by atoms with Gasteiger partial charge in [-0.3, -0.25) is 4.79 Å². The minimum absolute atomic E-state index is 0.173. The van der Waals surface area contributed by atoms with Crippen LogP contribution in [0.25, 0.3) is 11.8 Å². The molecule has 0 aliphatic heterocycles. The maximum Gasteiger partial charge on any atom is 0.188 e. The normalized spacial score (nSPS) is 11.2. The average molecular weight is 350 g/mol. The molecule has 0 saturated carbocycles. The highest BCUT2D eigenvalue weighted by atomic mass is 35.5. The van der Waals surface area contributed by atoms with E-state index >= 15 is 0 Å². The number of aromatic nitrogens is 3. The zero-order chi connectivity index (χ0) is 15.5. The predicted molar refractivity (Wildman–Crippen MR) is 89.1 cm³/mol. The third-order valence-corrected chi connectivity index (χ3v) is 4.41. The van der Waals surface area contributed by atoms with Crippen LogP contribution in [0.5, 0.6) is 0 Å². The summed E-state index contributed by atoms with van der Waals surface area (Å²) in [7, 11) is 0. The van der Waals surface area contributed by atoms with Crippen LogP contribution in [0.4, 0.5) is 0 Å². The lowest BCUT2D eigenvalue weighted by Crippen LogP contribution is -1.94. The summed E-state index contributed by atoms with van der Waals surface area (Å²) in [5.74, 6) is -0.173. The molecule has 4 nitrogen and oxygen atoms in total. The number of rotatable bonds is 4. The standard InChI is InChI=1S/C15H9Cl2N3OS/c16-14-7-12(15(17)22-14)13(21)6-3-10-1-4-11(5-2-10)20-9-18-8-19-20/h1-9H/b6-3-. The molecule has 0 bridgehead atoms. The summed E-state index contributed by atoms with van der Waals surface area (Å²) in [6.45, 7) is 0. The van der Waals surface area contributed by atoms with E-state index < -0.39 is 0 Å². The van der Waals surface area contributed by atoms with Gasteiger partial charge in [0.05, 0.1) is 15.6 Å². The first-order chi connectivity index (χ1) is 10.6. The number of benzene rings is 1. The predicted octanol–water partition coefficient (Wildman–Crippen LogP) is 4.53. The molecule has 0 atom stereocenters. The van der Waals surface area contributed by atoms with E-state index in [1.54, 1.807) is 23.2 Å². The molecule has 2 heterocycles. The van der Waals surface area contributed by atoms with E-state index in [4.69, 9.17) is 23.2 Å². The van der Waals surface area contributed by atoms with Gasteiger partial charge in [-0.05, 0) is 29.8 Å². The largest absolute Gasteiger partial charge is 0.289 e. The molecule has 2 aromatic heterocycles. The lowest BCUT2D eigenvalue weighted by molar-refractivity contribution is 0.104. The summed E-state index contributed by atoms with van der Waals surface area (Å²) in [6.07, 6.45) is 6.31. The van der Waals surface area contributed by atoms with Gasteiger partial charge in [0.1, 0.15) is 17.0 Å². The summed E-state index contributed by atoms with van der Waals surface area (Å²) in [5.41, 5.74) is 2.22. The van der Waals surface area contributed by atoms with Crippen LogP contribution in [-0.2, 0) is 0 Å². The Kier molecular flexibility index (Phi) is 4.38. The van der Waals surface area contributed by atoms with Gasteiger partial charge in [0.15, 0.2) is 5.78 Å². The molecule has 0 aliphatic carbocycles. The molecule has 1 aromatic carbocycles. The quantitative estimate of drug-likeness (QED) is 0.513. The SMILES string of the molecule is O=C(/C=C\c1ccc(-n2cncn2)cc1)c1cc(Cl)sc1Cl. The van der Waals surface area contributed by atoms with Gasteiger partial charge >= 0.3 is 0 Å². The zero-order valence-electron chi connectivity index (χ0n) is 11.1. The molecule has 0 amide bonds. The summed E-state index contributed by atoms with van der Waals surface area (Å²) < 4.78 is 2.56. The van der Waals surface area contributed by atoms with E-state index in [0.29, 0.717) is 14.2 Å². The molecule has 0 radical (unpaired) electrons. The van der Waals surface area contributed by atoms with Crippen LogP contribution in [0.2, 0.25) is 8.67 Å². The number of nitrogens with zero attached hydrogens (tertiary/aromatic N) is 3. The highest BCUT2D eigenvalue weighted by Crippen LogP contribution is 2.31. The zero-order valence-corrected chi connectivity index (χ0v) is 13.4. The molecular formula is C15H9Cl2N3OS. The van der Waals surface area contributed by atoms with Crippen molar-refractivity contribution in [1.29, 1.82) is 0 Å². The molecule has 7 heteroatoms. The highest BCUT2D eigenvalue weighted by molar-refractivity contribution is 7.20. The lowest BCUT2D eigenvalue weighted by Gasteiger charge is -2.00. The fourth-order valence-corrected chi connectivity index (χ4v) is 3.32. The van der Waals surface area contributed by atoms with Crippen LogP contribution in [0, 0.1) is 0 Å². The van der Waals surface area contributed by atoms with E-state index in [0.717, 1.165) is 11.3 Å². The molecular weight excluding hydrogens is 341 g/mol. The Hall–Kier alpha value is -1.95. The van der Waals surface area contributed by atoms with Crippen LogP contribution >= 0.6 is 34.5 Å². The molecule has 0 spiro atoms. The molecule has 22 heavy (non-hydrogen) atoms. The maximum absolute atomic E-state index is 12.1. The molecule has 0 aliphatic rings. The second-order valence-electron chi connectivity index (χ2n) is 4.37. The molecule has 0 N–H and O–H groups in total. The van der Waals surface area contributed by atoms with Crippen molar-refractivity contribution < 1.29 is 4.79 Å². The molecule has 0 unspecified atom stereocenters. The fraction of sp³-hybridized carbons (Fsp3) is 0. The van der Waals surface area contributed by atoms with Gasteiger partial charge in [0, 0.05) is 0 Å². The maximum atomic E-state index is 12.1. The number of ketones is 1. The molecule has 3 rings (SSSR count).